The van der Waals surface area contributed by atoms with Crippen molar-refractivity contribution in [1.82, 2.24) is 4.90 Å². The Balaban J connectivity index is 1.83. The summed E-state index contributed by atoms with van der Waals surface area (Å²) in [7, 11) is 2.30. The first-order chi connectivity index (χ1) is 8.15. The molecule has 2 heteroatoms. The van der Waals surface area contributed by atoms with Gasteiger partial charge in [-0.15, -0.1) is 0 Å². The van der Waals surface area contributed by atoms with Crippen LogP contribution in [-0.2, 0) is 0 Å². The van der Waals surface area contributed by atoms with Crippen LogP contribution < -0.4 is 5.73 Å². The van der Waals surface area contributed by atoms with Gasteiger partial charge < -0.3 is 10.6 Å². The van der Waals surface area contributed by atoms with E-state index in [0.29, 0.717) is 5.41 Å². The van der Waals surface area contributed by atoms with Crippen molar-refractivity contribution in [3.8, 4) is 0 Å². The first kappa shape index (κ1) is 13.4. The molecule has 2 N–H and O–H groups in total. The van der Waals surface area contributed by atoms with E-state index >= 15 is 0 Å². The van der Waals surface area contributed by atoms with Gasteiger partial charge in [-0.2, -0.15) is 0 Å². The van der Waals surface area contributed by atoms with E-state index in [1.54, 1.807) is 0 Å². The van der Waals surface area contributed by atoms with Crippen molar-refractivity contribution in [3.63, 3.8) is 0 Å². The van der Waals surface area contributed by atoms with Crippen LogP contribution >= 0.6 is 0 Å². The van der Waals surface area contributed by atoms with E-state index in [0.717, 1.165) is 18.4 Å². The van der Waals surface area contributed by atoms with Crippen LogP contribution in [0.5, 0.6) is 0 Å². The lowest BCUT2D eigenvalue weighted by atomic mass is 9.80. The molecule has 0 aromatic carbocycles. The molecule has 2 rings (SSSR count). The smallest absolute Gasteiger partial charge is 0.00471 e. The molecule has 0 spiro atoms. The summed E-state index contributed by atoms with van der Waals surface area (Å²) in [6, 6.07) is 0. The Hall–Kier alpha value is -0.0800. The summed E-state index contributed by atoms with van der Waals surface area (Å²) in [5.41, 5.74) is 6.54. The maximum absolute atomic E-state index is 6.10. The van der Waals surface area contributed by atoms with Gasteiger partial charge in [-0.05, 0) is 50.1 Å². The normalized spacial score (nSPS) is 32.5. The summed E-state index contributed by atoms with van der Waals surface area (Å²) in [4.78, 5) is 2.56. The van der Waals surface area contributed by atoms with Crippen molar-refractivity contribution < 1.29 is 0 Å². The van der Waals surface area contributed by atoms with Crippen LogP contribution in [0.1, 0.15) is 51.9 Å². The molecule has 0 aliphatic heterocycles. The molecule has 0 saturated heterocycles. The molecule has 2 aliphatic carbocycles. The van der Waals surface area contributed by atoms with E-state index < -0.39 is 0 Å². The van der Waals surface area contributed by atoms with Crippen LogP contribution in [0, 0.1) is 17.3 Å². The topological polar surface area (TPSA) is 29.3 Å². The molecule has 2 unspecified atom stereocenters. The predicted octanol–water partition coefficient (Wildman–Crippen LogP) is 2.87. The standard InChI is InChI=1S/C15H30N2/c1-13-9-14(13)10-17(2)12-15(11-16)7-5-3-4-6-8-15/h13-14H,3-12,16H2,1-2H3. The van der Waals surface area contributed by atoms with Gasteiger partial charge in [0.2, 0.25) is 0 Å². The highest BCUT2D eigenvalue weighted by molar-refractivity contribution is 4.89. The summed E-state index contributed by atoms with van der Waals surface area (Å²) in [6.45, 7) is 5.79. The highest BCUT2D eigenvalue weighted by Crippen LogP contribution is 2.39. The lowest BCUT2D eigenvalue weighted by Gasteiger charge is -2.35. The Kier molecular flexibility index (Phi) is 4.48. The maximum Gasteiger partial charge on any atom is 0.00471 e. The van der Waals surface area contributed by atoms with Crippen LogP contribution in [0.25, 0.3) is 0 Å². The molecule has 0 aromatic rings. The minimum Gasteiger partial charge on any atom is -0.330 e. The number of hydrogen-bond donors (Lipinski definition) is 1. The van der Waals surface area contributed by atoms with Gasteiger partial charge in [-0.25, -0.2) is 0 Å². The van der Waals surface area contributed by atoms with Gasteiger partial charge in [0.15, 0.2) is 0 Å². The molecule has 2 saturated carbocycles. The molecular weight excluding hydrogens is 208 g/mol. The highest BCUT2D eigenvalue weighted by atomic mass is 15.1. The van der Waals surface area contributed by atoms with Crippen molar-refractivity contribution in [1.29, 1.82) is 0 Å². The van der Waals surface area contributed by atoms with Gasteiger partial charge in [0.1, 0.15) is 0 Å². The first-order valence-corrected chi connectivity index (χ1v) is 7.54. The van der Waals surface area contributed by atoms with Crippen molar-refractivity contribution in [2.24, 2.45) is 23.0 Å². The van der Waals surface area contributed by atoms with Crippen molar-refractivity contribution in [2.45, 2.75) is 51.9 Å². The Bertz CT molecular complexity index is 231. The second kappa shape index (κ2) is 5.71. The van der Waals surface area contributed by atoms with E-state index in [4.69, 9.17) is 5.73 Å². The molecule has 2 fully saturated rings. The third kappa shape index (κ3) is 3.69. The molecule has 2 atom stereocenters. The predicted molar refractivity (Wildman–Crippen MR) is 74.0 cm³/mol. The fraction of sp³-hybridized carbons (Fsp3) is 1.00. The molecule has 2 nitrogen and oxygen atoms in total. The number of hydrogen-bond acceptors (Lipinski definition) is 2. The third-order valence-corrected chi connectivity index (χ3v) is 5.02. The van der Waals surface area contributed by atoms with Gasteiger partial charge in [0.25, 0.3) is 0 Å². The van der Waals surface area contributed by atoms with E-state index in [1.165, 1.54) is 58.0 Å². The van der Waals surface area contributed by atoms with Crippen molar-refractivity contribution >= 4 is 0 Å². The maximum atomic E-state index is 6.10. The summed E-state index contributed by atoms with van der Waals surface area (Å²) in [6.07, 6.45) is 9.79. The molecule has 0 radical (unpaired) electrons. The molecule has 0 amide bonds. The average Bonchev–Trinajstić information content (AvgIpc) is 3.02. The van der Waals surface area contributed by atoms with Gasteiger partial charge in [-0.1, -0.05) is 32.6 Å². The Morgan fingerprint density at radius 2 is 1.76 bits per heavy atom. The Morgan fingerprint density at radius 1 is 1.18 bits per heavy atom. The van der Waals surface area contributed by atoms with E-state index in [1.807, 2.05) is 0 Å². The summed E-state index contributed by atoms with van der Waals surface area (Å²) < 4.78 is 0. The van der Waals surface area contributed by atoms with Crippen LogP contribution in [0.2, 0.25) is 0 Å². The zero-order chi connectivity index (χ0) is 12.3. The lowest BCUT2D eigenvalue weighted by Crippen LogP contribution is -2.41. The summed E-state index contributed by atoms with van der Waals surface area (Å²) >= 11 is 0. The molecule has 2 aliphatic rings. The SMILES string of the molecule is CC1CC1CN(C)CC1(CN)CCCCCC1. The molecule has 0 heterocycles. The monoisotopic (exact) mass is 238 g/mol. The second-order valence-corrected chi connectivity index (χ2v) is 6.79. The lowest BCUT2D eigenvalue weighted by molar-refractivity contribution is 0.152. The molecular formula is C15H30N2. The van der Waals surface area contributed by atoms with E-state index in [9.17, 15) is 0 Å². The van der Waals surface area contributed by atoms with Crippen LogP contribution in [0.15, 0.2) is 0 Å². The van der Waals surface area contributed by atoms with Crippen LogP contribution in [0.3, 0.4) is 0 Å². The minimum atomic E-state index is 0.434. The largest absolute Gasteiger partial charge is 0.330 e. The molecule has 0 aromatic heterocycles. The summed E-state index contributed by atoms with van der Waals surface area (Å²) in [5.74, 6) is 1.95. The van der Waals surface area contributed by atoms with E-state index in [2.05, 4.69) is 18.9 Å². The average molecular weight is 238 g/mol. The van der Waals surface area contributed by atoms with Crippen molar-refractivity contribution in [2.75, 3.05) is 26.7 Å². The first-order valence-electron chi connectivity index (χ1n) is 7.54. The van der Waals surface area contributed by atoms with Gasteiger partial charge in [0, 0.05) is 13.1 Å². The van der Waals surface area contributed by atoms with Crippen LogP contribution in [-0.4, -0.2) is 31.6 Å². The molecule has 0 bridgehead atoms. The summed E-state index contributed by atoms with van der Waals surface area (Å²) in [5, 5.41) is 0. The van der Waals surface area contributed by atoms with Gasteiger partial charge in [-0.3, -0.25) is 0 Å². The third-order valence-electron chi connectivity index (χ3n) is 5.02. The number of nitrogens with zero attached hydrogens (tertiary/aromatic N) is 1. The Morgan fingerprint density at radius 3 is 2.24 bits per heavy atom. The number of nitrogens with two attached hydrogens (primary N) is 1. The zero-order valence-electron chi connectivity index (χ0n) is 11.8. The fourth-order valence-corrected chi connectivity index (χ4v) is 3.60. The van der Waals surface area contributed by atoms with Crippen LogP contribution in [0.4, 0.5) is 0 Å². The quantitative estimate of drug-likeness (QED) is 0.746. The molecule has 17 heavy (non-hydrogen) atoms. The van der Waals surface area contributed by atoms with Crippen molar-refractivity contribution in [3.05, 3.63) is 0 Å². The minimum absolute atomic E-state index is 0.434. The van der Waals surface area contributed by atoms with Gasteiger partial charge >= 0.3 is 0 Å². The highest BCUT2D eigenvalue weighted by Gasteiger charge is 2.36. The fourth-order valence-electron chi connectivity index (χ4n) is 3.60. The zero-order valence-corrected chi connectivity index (χ0v) is 11.8. The second-order valence-electron chi connectivity index (χ2n) is 6.79. The van der Waals surface area contributed by atoms with Gasteiger partial charge in [0.05, 0.1) is 0 Å². The number of rotatable bonds is 5. The molecule has 100 valence electrons. The van der Waals surface area contributed by atoms with E-state index in [-0.39, 0.29) is 0 Å². The Labute approximate surface area is 107 Å².